The Morgan fingerprint density at radius 3 is 2.70 bits per heavy atom. The van der Waals surface area contributed by atoms with Crippen LogP contribution < -0.4 is 5.32 Å². The van der Waals surface area contributed by atoms with Gasteiger partial charge in [0.05, 0.1) is 11.0 Å². The number of rotatable bonds is 5. The minimum absolute atomic E-state index is 0.0123. The molecule has 2 aromatic heterocycles. The van der Waals surface area contributed by atoms with Crippen LogP contribution in [0.4, 0.5) is 10.1 Å². The van der Waals surface area contributed by atoms with Crippen LogP contribution in [0, 0.1) is 12.7 Å². The number of benzene rings is 2. The number of imidazole rings is 1. The molecule has 0 aliphatic carbocycles. The molecule has 2 aromatic carbocycles. The Balaban J connectivity index is 1.38. The zero-order valence-electron chi connectivity index (χ0n) is 17.8. The van der Waals surface area contributed by atoms with Crippen LogP contribution in [0.5, 0.6) is 0 Å². The molecule has 1 amide bonds. The van der Waals surface area contributed by atoms with Gasteiger partial charge in [0.1, 0.15) is 22.3 Å². The molecule has 0 bridgehead atoms. The Hall–Kier alpha value is -3.50. The number of nitrogens with one attached hydrogen (secondary N) is 2. The second-order valence-electron chi connectivity index (χ2n) is 7.92. The molecular formula is C23H21FN4O4S. The molecule has 3 heterocycles. The van der Waals surface area contributed by atoms with Crippen LogP contribution in [0.2, 0.25) is 0 Å². The van der Waals surface area contributed by atoms with Gasteiger partial charge >= 0.3 is 0 Å². The van der Waals surface area contributed by atoms with Gasteiger partial charge in [-0.15, -0.1) is 0 Å². The van der Waals surface area contributed by atoms with Crippen molar-refractivity contribution in [3.8, 4) is 11.4 Å². The summed E-state index contributed by atoms with van der Waals surface area (Å²) in [4.78, 5) is 20.3. The highest BCUT2D eigenvalue weighted by atomic mass is 32.2. The summed E-state index contributed by atoms with van der Waals surface area (Å²) in [6.07, 6.45) is 1.64. The maximum atomic E-state index is 13.5. The first-order valence-electron chi connectivity index (χ1n) is 10.5. The minimum Gasteiger partial charge on any atom is -0.455 e. The number of carbonyl (C=O) groups is 1. The number of aromatic nitrogens is 2. The van der Waals surface area contributed by atoms with Gasteiger partial charge in [-0.05, 0) is 50.1 Å². The summed E-state index contributed by atoms with van der Waals surface area (Å²) < 4.78 is 46.1. The predicted molar refractivity (Wildman–Crippen MR) is 121 cm³/mol. The number of anilines is 1. The summed E-state index contributed by atoms with van der Waals surface area (Å²) in [6, 6.07) is 12.5. The number of fused-ring (bicyclic) bond motifs is 1. The Labute approximate surface area is 189 Å². The van der Waals surface area contributed by atoms with E-state index in [1.807, 2.05) is 0 Å². The number of halogens is 1. The highest BCUT2D eigenvalue weighted by Crippen LogP contribution is 2.28. The van der Waals surface area contributed by atoms with Crippen molar-refractivity contribution in [1.82, 2.24) is 14.3 Å². The van der Waals surface area contributed by atoms with Crippen LogP contribution in [-0.4, -0.2) is 41.7 Å². The Bertz CT molecular complexity index is 1470. The van der Waals surface area contributed by atoms with Crippen molar-refractivity contribution < 1.29 is 22.0 Å². The van der Waals surface area contributed by atoms with Gasteiger partial charge in [-0.2, -0.15) is 4.31 Å². The SMILES string of the molecule is Cc1oc(C(=O)Nc2ccc3nc(-c4cccc(F)c4)[nH]c3c2)cc1S(=O)(=O)N1CCCC1. The first-order valence-corrected chi connectivity index (χ1v) is 11.9. The van der Waals surface area contributed by atoms with Crippen LogP contribution in [0.3, 0.4) is 0 Å². The van der Waals surface area contributed by atoms with E-state index in [2.05, 4.69) is 15.3 Å². The first-order chi connectivity index (χ1) is 15.8. The Kier molecular flexibility index (Phi) is 5.26. The number of aromatic amines is 1. The number of H-pyrrole nitrogens is 1. The molecule has 170 valence electrons. The molecule has 10 heteroatoms. The van der Waals surface area contributed by atoms with Crippen molar-refractivity contribution in [1.29, 1.82) is 0 Å². The van der Waals surface area contributed by atoms with Crippen molar-refractivity contribution in [2.45, 2.75) is 24.7 Å². The largest absolute Gasteiger partial charge is 0.455 e. The van der Waals surface area contributed by atoms with E-state index in [-0.39, 0.29) is 22.2 Å². The molecule has 1 fully saturated rings. The number of carbonyl (C=O) groups excluding carboxylic acids is 1. The number of sulfonamides is 1. The number of furan rings is 1. The zero-order chi connectivity index (χ0) is 23.2. The van der Waals surface area contributed by atoms with E-state index in [1.165, 1.54) is 29.4 Å². The highest BCUT2D eigenvalue weighted by Gasteiger charge is 2.31. The maximum absolute atomic E-state index is 13.5. The van der Waals surface area contributed by atoms with Crippen LogP contribution >= 0.6 is 0 Å². The number of amides is 1. The third-order valence-electron chi connectivity index (χ3n) is 5.62. The molecule has 0 spiro atoms. The van der Waals surface area contributed by atoms with Crippen molar-refractivity contribution in [3.63, 3.8) is 0 Å². The van der Waals surface area contributed by atoms with E-state index in [1.54, 1.807) is 30.3 Å². The number of aryl methyl sites for hydroxylation is 1. The van der Waals surface area contributed by atoms with Crippen LogP contribution in [0.25, 0.3) is 22.4 Å². The van der Waals surface area contributed by atoms with Gasteiger partial charge in [0, 0.05) is 30.4 Å². The second kappa shape index (κ2) is 8.13. The maximum Gasteiger partial charge on any atom is 0.291 e. The molecule has 0 atom stereocenters. The Morgan fingerprint density at radius 1 is 1.15 bits per heavy atom. The van der Waals surface area contributed by atoms with Gasteiger partial charge in [0.15, 0.2) is 5.76 Å². The van der Waals surface area contributed by atoms with Gasteiger partial charge in [-0.1, -0.05) is 12.1 Å². The topological polar surface area (TPSA) is 108 Å². The van der Waals surface area contributed by atoms with E-state index in [4.69, 9.17) is 4.42 Å². The lowest BCUT2D eigenvalue weighted by molar-refractivity contribution is 0.0995. The van der Waals surface area contributed by atoms with Crippen molar-refractivity contribution in [2.24, 2.45) is 0 Å². The zero-order valence-corrected chi connectivity index (χ0v) is 18.6. The minimum atomic E-state index is -3.69. The summed E-state index contributed by atoms with van der Waals surface area (Å²) in [5, 5.41) is 2.72. The number of hydrogen-bond acceptors (Lipinski definition) is 5. The van der Waals surface area contributed by atoms with Crippen LogP contribution in [0.1, 0.15) is 29.2 Å². The predicted octanol–water partition coefficient (Wildman–Crippen LogP) is 4.31. The molecule has 2 N–H and O–H groups in total. The highest BCUT2D eigenvalue weighted by molar-refractivity contribution is 7.89. The lowest BCUT2D eigenvalue weighted by atomic mass is 10.2. The van der Waals surface area contributed by atoms with Crippen molar-refractivity contribution in [3.05, 3.63) is 65.9 Å². The van der Waals surface area contributed by atoms with Crippen molar-refractivity contribution in [2.75, 3.05) is 18.4 Å². The summed E-state index contributed by atoms with van der Waals surface area (Å²) in [5.41, 5.74) is 2.38. The lowest BCUT2D eigenvalue weighted by Gasteiger charge is -2.14. The molecular weight excluding hydrogens is 447 g/mol. The molecule has 8 nitrogen and oxygen atoms in total. The molecule has 0 radical (unpaired) electrons. The van der Waals surface area contributed by atoms with Crippen molar-refractivity contribution >= 4 is 32.7 Å². The smallest absolute Gasteiger partial charge is 0.291 e. The van der Waals surface area contributed by atoms with Crippen LogP contribution in [-0.2, 0) is 10.0 Å². The fourth-order valence-electron chi connectivity index (χ4n) is 3.95. The summed E-state index contributed by atoms with van der Waals surface area (Å²) >= 11 is 0. The van der Waals surface area contributed by atoms with Gasteiger partial charge in [-0.25, -0.2) is 17.8 Å². The van der Waals surface area contributed by atoms with E-state index in [0.717, 1.165) is 12.8 Å². The van der Waals surface area contributed by atoms with E-state index in [9.17, 15) is 17.6 Å². The molecule has 0 unspecified atom stereocenters. The monoisotopic (exact) mass is 468 g/mol. The van der Waals surface area contributed by atoms with Crippen LogP contribution in [0.15, 0.2) is 57.8 Å². The first kappa shape index (κ1) is 21.4. The van der Waals surface area contributed by atoms with Gasteiger partial charge in [-0.3, -0.25) is 4.79 Å². The summed E-state index contributed by atoms with van der Waals surface area (Å²) in [7, 11) is -3.69. The second-order valence-corrected chi connectivity index (χ2v) is 9.83. The average molecular weight is 469 g/mol. The molecule has 4 aromatic rings. The van der Waals surface area contributed by atoms with E-state index >= 15 is 0 Å². The van der Waals surface area contributed by atoms with Gasteiger partial charge in [0.2, 0.25) is 10.0 Å². The molecule has 5 rings (SSSR count). The fourth-order valence-corrected chi connectivity index (χ4v) is 5.63. The lowest BCUT2D eigenvalue weighted by Crippen LogP contribution is -2.28. The third kappa shape index (κ3) is 4.03. The summed E-state index contributed by atoms with van der Waals surface area (Å²) in [5.74, 6) is -0.330. The fraction of sp³-hybridized carbons (Fsp3) is 0.217. The van der Waals surface area contributed by atoms with E-state index < -0.39 is 15.9 Å². The molecule has 1 saturated heterocycles. The normalized spacial score (nSPS) is 14.7. The number of nitrogens with zero attached hydrogens (tertiary/aromatic N) is 2. The molecule has 1 aliphatic rings. The quantitative estimate of drug-likeness (QED) is 0.454. The number of hydrogen-bond donors (Lipinski definition) is 2. The summed E-state index contributed by atoms with van der Waals surface area (Å²) in [6.45, 7) is 2.47. The third-order valence-corrected chi connectivity index (χ3v) is 7.62. The molecule has 0 saturated carbocycles. The molecule has 33 heavy (non-hydrogen) atoms. The molecule has 1 aliphatic heterocycles. The van der Waals surface area contributed by atoms with Gasteiger partial charge in [0.25, 0.3) is 5.91 Å². The average Bonchev–Trinajstić information content (AvgIpc) is 3.53. The van der Waals surface area contributed by atoms with E-state index in [0.29, 0.717) is 41.2 Å². The standard InChI is InChI=1S/C23H21FN4O4S/c1-14-21(33(30,31)28-9-2-3-10-28)13-20(32-14)23(29)25-17-7-8-18-19(12-17)27-22(26-18)15-5-4-6-16(24)11-15/h4-8,11-13H,2-3,9-10H2,1H3,(H,25,29)(H,26,27). The Morgan fingerprint density at radius 2 is 1.94 bits per heavy atom. The van der Waals surface area contributed by atoms with Gasteiger partial charge < -0.3 is 14.7 Å².